The molecule has 1 heterocycles. The summed E-state index contributed by atoms with van der Waals surface area (Å²) in [5.41, 5.74) is -0.717. The van der Waals surface area contributed by atoms with E-state index in [9.17, 15) is 9.59 Å². The lowest BCUT2D eigenvalue weighted by atomic mass is 9.81. The Morgan fingerprint density at radius 1 is 1.27 bits per heavy atom. The van der Waals surface area contributed by atoms with Gasteiger partial charge in [-0.25, -0.2) is 4.79 Å². The average molecular weight is 207 g/mol. The minimum absolute atomic E-state index is 0.336. The highest BCUT2D eigenvalue weighted by Crippen LogP contribution is 2.38. The van der Waals surface area contributed by atoms with Crippen LogP contribution in [-0.2, 0) is 4.79 Å². The number of imide groups is 1. The largest absolute Gasteiger partial charge is 0.341 e. The lowest BCUT2D eigenvalue weighted by Gasteiger charge is -2.35. The SMILES string of the molecule is CN1C(=O)N(C#N)C(=O)C12CCCCC2. The molecular formula is C10H13N3O2. The molecule has 80 valence electrons. The van der Waals surface area contributed by atoms with Gasteiger partial charge >= 0.3 is 6.03 Å². The molecule has 2 fully saturated rings. The van der Waals surface area contributed by atoms with Gasteiger partial charge in [0.2, 0.25) is 0 Å². The van der Waals surface area contributed by atoms with E-state index in [1.54, 1.807) is 13.2 Å². The Balaban J connectivity index is 2.37. The Labute approximate surface area is 88.2 Å². The Hall–Kier alpha value is -1.57. The molecule has 0 bridgehead atoms. The van der Waals surface area contributed by atoms with Gasteiger partial charge in [-0.3, -0.25) is 4.79 Å². The second kappa shape index (κ2) is 3.23. The molecule has 5 nitrogen and oxygen atoms in total. The highest BCUT2D eigenvalue weighted by Gasteiger charge is 2.56. The van der Waals surface area contributed by atoms with Crippen LogP contribution in [0.4, 0.5) is 4.79 Å². The van der Waals surface area contributed by atoms with Crippen molar-refractivity contribution in [1.82, 2.24) is 9.80 Å². The molecule has 1 aliphatic heterocycles. The molecule has 1 saturated heterocycles. The molecule has 5 heteroatoms. The first kappa shape index (κ1) is 9.97. The van der Waals surface area contributed by atoms with Gasteiger partial charge in [-0.1, -0.05) is 19.3 Å². The quantitative estimate of drug-likeness (QED) is 0.440. The van der Waals surface area contributed by atoms with Crippen molar-refractivity contribution in [2.45, 2.75) is 37.6 Å². The number of urea groups is 1. The maximum atomic E-state index is 12.0. The first-order valence-corrected chi connectivity index (χ1v) is 5.15. The zero-order chi connectivity index (χ0) is 11.1. The summed E-state index contributed by atoms with van der Waals surface area (Å²) in [6, 6.07) is -0.482. The van der Waals surface area contributed by atoms with Crippen molar-refractivity contribution in [2.24, 2.45) is 0 Å². The lowest BCUT2D eigenvalue weighted by Crippen LogP contribution is -2.49. The second-order valence-electron chi connectivity index (χ2n) is 4.17. The molecular weight excluding hydrogens is 194 g/mol. The number of amides is 3. The minimum atomic E-state index is -0.717. The van der Waals surface area contributed by atoms with E-state index in [0.717, 1.165) is 19.3 Å². The molecule has 2 aliphatic rings. The summed E-state index contributed by atoms with van der Waals surface area (Å²) in [6.45, 7) is 0. The van der Waals surface area contributed by atoms with E-state index < -0.39 is 11.6 Å². The third kappa shape index (κ3) is 1.14. The molecule has 2 rings (SSSR count). The third-order valence-corrected chi connectivity index (χ3v) is 3.50. The molecule has 15 heavy (non-hydrogen) atoms. The van der Waals surface area contributed by atoms with Gasteiger partial charge in [-0.05, 0) is 12.8 Å². The summed E-state index contributed by atoms with van der Waals surface area (Å²) >= 11 is 0. The maximum absolute atomic E-state index is 12.0. The number of hydrogen-bond donors (Lipinski definition) is 0. The molecule has 1 spiro atoms. The van der Waals surface area contributed by atoms with Crippen molar-refractivity contribution >= 4 is 11.9 Å². The van der Waals surface area contributed by atoms with E-state index >= 15 is 0 Å². The summed E-state index contributed by atoms with van der Waals surface area (Å²) in [7, 11) is 1.61. The molecule has 1 saturated carbocycles. The van der Waals surface area contributed by atoms with Crippen LogP contribution in [0.3, 0.4) is 0 Å². The number of nitriles is 1. The number of likely N-dealkylation sites (N-methyl/N-ethyl adjacent to an activating group) is 1. The van der Waals surface area contributed by atoms with Gasteiger partial charge in [0.1, 0.15) is 5.54 Å². The second-order valence-corrected chi connectivity index (χ2v) is 4.17. The van der Waals surface area contributed by atoms with E-state index in [-0.39, 0.29) is 5.91 Å². The number of hydrogen-bond acceptors (Lipinski definition) is 3. The molecule has 3 amide bonds. The molecule has 0 unspecified atom stereocenters. The van der Waals surface area contributed by atoms with Gasteiger partial charge in [0.25, 0.3) is 5.91 Å². The number of nitrogens with zero attached hydrogens (tertiary/aromatic N) is 3. The van der Waals surface area contributed by atoms with E-state index in [1.807, 2.05) is 0 Å². The van der Waals surface area contributed by atoms with E-state index in [4.69, 9.17) is 5.26 Å². The van der Waals surface area contributed by atoms with Crippen molar-refractivity contribution in [1.29, 1.82) is 5.26 Å². The van der Waals surface area contributed by atoms with Crippen LogP contribution < -0.4 is 0 Å². The van der Waals surface area contributed by atoms with Crippen LogP contribution in [0.25, 0.3) is 0 Å². The van der Waals surface area contributed by atoms with Crippen LogP contribution in [-0.4, -0.2) is 34.3 Å². The van der Waals surface area contributed by atoms with Crippen LogP contribution in [0.5, 0.6) is 0 Å². The number of carbonyl (C=O) groups excluding carboxylic acids is 2. The maximum Gasteiger partial charge on any atom is 0.341 e. The predicted molar refractivity (Wildman–Crippen MR) is 51.4 cm³/mol. The average Bonchev–Trinajstić information content (AvgIpc) is 2.43. The fraction of sp³-hybridized carbons (Fsp3) is 0.700. The van der Waals surface area contributed by atoms with E-state index in [0.29, 0.717) is 17.7 Å². The summed E-state index contributed by atoms with van der Waals surface area (Å²) in [6.07, 6.45) is 6.03. The summed E-state index contributed by atoms with van der Waals surface area (Å²) in [4.78, 5) is 25.7. The fourth-order valence-electron chi connectivity index (χ4n) is 2.55. The zero-order valence-electron chi connectivity index (χ0n) is 8.69. The topological polar surface area (TPSA) is 64.4 Å². The molecule has 0 atom stereocenters. The van der Waals surface area contributed by atoms with E-state index in [1.165, 1.54) is 4.90 Å². The lowest BCUT2D eigenvalue weighted by molar-refractivity contribution is -0.132. The Bertz CT molecular complexity index is 352. The van der Waals surface area contributed by atoms with Gasteiger partial charge in [0.15, 0.2) is 6.19 Å². The van der Waals surface area contributed by atoms with Crippen molar-refractivity contribution in [3.63, 3.8) is 0 Å². The Morgan fingerprint density at radius 2 is 1.87 bits per heavy atom. The van der Waals surface area contributed by atoms with Crippen LogP contribution >= 0.6 is 0 Å². The van der Waals surface area contributed by atoms with Gasteiger partial charge in [0.05, 0.1) is 0 Å². The first-order chi connectivity index (χ1) is 7.13. The standard InChI is InChI=1S/C10H13N3O2/c1-12-9(15)13(7-11)8(14)10(12)5-3-2-4-6-10/h2-6H2,1H3. The highest BCUT2D eigenvalue weighted by atomic mass is 16.2. The van der Waals surface area contributed by atoms with Crippen LogP contribution in [0.1, 0.15) is 32.1 Å². The van der Waals surface area contributed by atoms with Crippen molar-refractivity contribution in [2.75, 3.05) is 7.05 Å². The normalized spacial score (nSPS) is 24.8. The van der Waals surface area contributed by atoms with Crippen molar-refractivity contribution in [3.05, 3.63) is 0 Å². The van der Waals surface area contributed by atoms with Gasteiger partial charge in [-0.2, -0.15) is 10.2 Å². The van der Waals surface area contributed by atoms with Gasteiger partial charge in [0, 0.05) is 7.05 Å². The summed E-state index contributed by atoms with van der Waals surface area (Å²) in [5, 5.41) is 8.75. The van der Waals surface area contributed by atoms with E-state index in [2.05, 4.69) is 0 Å². The van der Waals surface area contributed by atoms with Crippen LogP contribution in [0.15, 0.2) is 0 Å². The van der Waals surface area contributed by atoms with Gasteiger partial charge in [-0.15, -0.1) is 0 Å². The molecule has 0 radical (unpaired) electrons. The Morgan fingerprint density at radius 3 is 2.33 bits per heavy atom. The predicted octanol–water partition coefficient (Wildman–Crippen LogP) is 1.06. The molecule has 0 N–H and O–H groups in total. The van der Waals surface area contributed by atoms with Crippen molar-refractivity contribution in [3.8, 4) is 6.19 Å². The van der Waals surface area contributed by atoms with Crippen LogP contribution in [0.2, 0.25) is 0 Å². The smallest absolute Gasteiger partial charge is 0.312 e. The first-order valence-electron chi connectivity index (χ1n) is 5.15. The zero-order valence-corrected chi connectivity index (χ0v) is 8.69. The minimum Gasteiger partial charge on any atom is -0.312 e. The molecule has 0 aromatic carbocycles. The summed E-state index contributed by atoms with van der Waals surface area (Å²) in [5.74, 6) is -0.336. The third-order valence-electron chi connectivity index (χ3n) is 3.50. The number of carbonyl (C=O) groups is 2. The molecule has 0 aromatic heterocycles. The van der Waals surface area contributed by atoms with Crippen LogP contribution in [0, 0.1) is 11.5 Å². The van der Waals surface area contributed by atoms with Gasteiger partial charge < -0.3 is 4.90 Å². The molecule has 0 aromatic rings. The summed E-state index contributed by atoms with van der Waals surface area (Å²) < 4.78 is 0. The highest BCUT2D eigenvalue weighted by molar-refractivity contribution is 6.08. The molecule has 1 aliphatic carbocycles. The fourth-order valence-corrected chi connectivity index (χ4v) is 2.55. The Kier molecular flexibility index (Phi) is 2.14. The van der Waals surface area contributed by atoms with Crippen molar-refractivity contribution < 1.29 is 9.59 Å². The monoisotopic (exact) mass is 207 g/mol. The number of rotatable bonds is 0.